The van der Waals surface area contributed by atoms with E-state index in [1.807, 2.05) is 30.3 Å². The first-order chi connectivity index (χ1) is 10.2. The van der Waals surface area contributed by atoms with Crippen LogP contribution in [0.2, 0.25) is 0 Å². The van der Waals surface area contributed by atoms with Crippen LogP contribution < -0.4 is 10.6 Å². The normalized spacial score (nSPS) is 10.1. The van der Waals surface area contributed by atoms with Crippen molar-refractivity contribution >= 4 is 33.7 Å². The van der Waals surface area contributed by atoms with Crippen LogP contribution in [0.5, 0.6) is 0 Å². The summed E-state index contributed by atoms with van der Waals surface area (Å²) >= 11 is 3.42. The topological polar surface area (TPSA) is 64.9 Å². The number of benzene rings is 2. The molecule has 0 aliphatic carbocycles. The molecule has 0 saturated heterocycles. The molecular formula is C16H12BrN3O. The number of nitrogens with zero attached hydrogens (tertiary/aromatic N) is 1. The zero-order chi connectivity index (χ0) is 15.1. The number of anilines is 1. The van der Waals surface area contributed by atoms with E-state index in [0.717, 1.165) is 10.0 Å². The largest absolute Gasteiger partial charge is 0.323 e. The van der Waals surface area contributed by atoms with Crippen LogP contribution in [-0.2, 0) is 0 Å². The molecule has 0 saturated carbocycles. The van der Waals surface area contributed by atoms with E-state index in [1.54, 1.807) is 36.5 Å². The molecule has 0 aliphatic rings. The van der Waals surface area contributed by atoms with Crippen molar-refractivity contribution in [2.24, 2.45) is 0 Å². The van der Waals surface area contributed by atoms with Crippen LogP contribution >= 0.6 is 15.9 Å². The van der Waals surface area contributed by atoms with E-state index >= 15 is 0 Å². The maximum Gasteiger partial charge on any atom is 0.323 e. The Bertz CT molecular complexity index is 702. The third kappa shape index (κ3) is 4.48. The summed E-state index contributed by atoms with van der Waals surface area (Å²) in [6, 6.07) is 16.0. The minimum Gasteiger partial charge on any atom is -0.314 e. The molecule has 2 aromatic carbocycles. The van der Waals surface area contributed by atoms with Crippen molar-refractivity contribution in [3.05, 3.63) is 70.3 Å². The van der Waals surface area contributed by atoms with Gasteiger partial charge >= 0.3 is 6.03 Å². The van der Waals surface area contributed by atoms with E-state index in [4.69, 9.17) is 5.26 Å². The minimum atomic E-state index is -0.344. The van der Waals surface area contributed by atoms with Gasteiger partial charge in [0.1, 0.15) is 0 Å². The number of nitrogens with one attached hydrogen (secondary N) is 2. The lowest BCUT2D eigenvalue weighted by Crippen LogP contribution is -2.23. The fourth-order valence-electron chi connectivity index (χ4n) is 1.61. The van der Waals surface area contributed by atoms with Gasteiger partial charge in [0.25, 0.3) is 0 Å². The Hall–Kier alpha value is -2.58. The van der Waals surface area contributed by atoms with Crippen LogP contribution in [0.4, 0.5) is 10.5 Å². The molecule has 104 valence electrons. The second-order valence-electron chi connectivity index (χ2n) is 4.14. The second-order valence-corrected chi connectivity index (χ2v) is 5.00. The summed E-state index contributed by atoms with van der Waals surface area (Å²) in [7, 11) is 0. The first-order valence-electron chi connectivity index (χ1n) is 6.18. The third-order valence-corrected chi connectivity index (χ3v) is 3.38. The van der Waals surface area contributed by atoms with Crippen molar-refractivity contribution in [1.82, 2.24) is 5.32 Å². The molecule has 4 nitrogen and oxygen atoms in total. The highest BCUT2D eigenvalue weighted by molar-refractivity contribution is 9.10. The monoisotopic (exact) mass is 341 g/mol. The zero-order valence-corrected chi connectivity index (χ0v) is 12.6. The van der Waals surface area contributed by atoms with Gasteiger partial charge in [0.15, 0.2) is 0 Å². The lowest BCUT2D eigenvalue weighted by Gasteiger charge is -2.04. The summed E-state index contributed by atoms with van der Waals surface area (Å²) in [5.41, 5.74) is 2.15. The van der Waals surface area contributed by atoms with Gasteiger partial charge in [-0.3, -0.25) is 0 Å². The summed E-state index contributed by atoms with van der Waals surface area (Å²) in [4.78, 5) is 11.7. The van der Waals surface area contributed by atoms with Crippen molar-refractivity contribution in [1.29, 1.82) is 5.26 Å². The van der Waals surface area contributed by atoms with E-state index < -0.39 is 0 Å². The van der Waals surface area contributed by atoms with Crippen LogP contribution in [-0.4, -0.2) is 6.03 Å². The van der Waals surface area contributed by atoms with E-state index in [9.17, 15) is 4.79 Å². The summed E-state index contributed by atoms with van der Waals surface area (Å²) in [5.74, 6) is 0. The second kappa shape index (κ2) is 7.27. The molecule has 2 amide bonds. The minimum absolute atomic E-state index is 0.344. The first-order valence-corrected chi connectivity index (χ1v) is 6.97. The highest BCUT2D eigenvalue weighted by Crippen LogP contribution is 2.16. The average Bonchev–Trinajstić information content (AvgIpc) is 2.50. The molecule has 0 spiro atoms. The molecule has 0 radical (unpaired) electrons. The molecule has 21 heavy (non-hydrogen) atoms. The Morgan fingerprint density at radius 3 is 2.52 bits per heavy atom. The number of carbonyl (C=O) groups is 1. The van der Waals surface area contributed by atoms with E-state index in [1.165, 1.54) is 0 Å². The number of nitriles is 1. The van der Waals surface area contributed by atoms with Crippen molar-refractivity contribution in [2.45, 2.75) is 0 Å². The predicted octanol–water partition coefficient (Wildman–Crippen LogP) is 4.11. The number of halogens is 1. The molecule has 2 rings (SSSR count). The Morgan fingerprint density at radius 2 is 1.86 bits per heavy atom. The van der Waals surface area contributed by atoms with E-state index in [-0.39, 0.29) is 6.03 Å². The highest BCUT2D eigenvalue weighted by atomic mass is 79.9. The molecule has 0 atom stereocenters. The summed E-state index contributed by atoms with van der Waals surface area (Å²) in [6.45, 7) is 0. The van der Waals surface area contributed by atoms with Crippen molar-refractivity contribution in [3.63, 3.8) is 0 Å². The summed E-state index contributed by atoms with van der Waals surface area (Å²) < 4.78 is 0.954. The van der Waals surface area contributed by atoms with Crippen LogP contribution in [0.25, 0.3) is 6.08 Å². The third-order valence-electron chi connectivity index (χ3n) is 2.65. The Balaban J connectivity index is 1.90. The smallest absolute Gasteiger partial charge is 0.314 e. The van der Waals surface area contributed by atoms with Gasteiger partial charge in [0.2, 0.25) is 0 Å². The maximum absolute atomic E-state index is 11.7. The molecule has 2 aromatic rings. The first kappa shape index (κ1) is 14.8. The Labute approximate surface area is 131 Å². The number of amides is 2. The van der Waals surface area contributed by atoms with Crippen LogP contribution in [0, 0.1) is 11.3 Å². The van der Waals surface area contributed by atoms with Gasteiger partial charge in [-0.05, 0) is 42.0 Å². The van der Waals surface area contributed by atoms with E-state index in [2.05, 4.69) is 26.6 Å². The summed E-state index contributed by atoms with van der Waals surface area (Å²) in [5, 5.41) is 14.0. The van der Waals surface area contributed by atoms with Crippen LogP contribution in [0.15, 0.2) is 59.2 Å². The van der Waals surface area contributed by atoms with Gasteiger partial charge < -0.3 is 10.6 Å². The van der Waals surface area contributed by atoms with Gasteiger partial charge in [0, 0.05) is 16.4 Å². The summed E-state index contributed by atoms with van der Waals surface area (Å²) in [6.07, 6.45) is 3.36. The quantitative estimate of drug-likeness (QED) is 0.881. The Morgan fingerprint density at radius 1 is 1.14 bits per heavy atom. The van der Waals surface area contributed by atoms with Crippen molar-refractivity contribution in [2.75, 3.05) is 5.32 Å². The molecule has 5 heteroatoms. The highest BCUT2D eigenvalue weighted by Gasteiger charge is 1.99. The van der Waals surface area contributed by atoms with Crippen LogP contribution in [0.1, 0.15) is 11.1 Å². The maximum atomic E-state index is 11.7. The van der Waals surface area contributed by atoms with Crippen molar-refractivity contribution in [3.8, 4) is 6.07 Å². The molecule has 0 aromatic heterocycles. The fraction of sp³-hybridized carbons (Fsp3) is 0. The number of rotatable bonds is 3. The molecule has 0 unspecified atom stereocenters. The lowest BCUT2D eigenvalue weighted by atomic mass is 10.2. The fourth-order valence-corrected chi connectivity index (χ4v) is 2.03. The molecular weight excluding hydrogens is 330 g/mol. The number of hydrogen-bond donors (Lipinski definition) is 2. The SMILES string of the molecule is N#Cc1ccc(NC(=O)N/C=C/c2ccccc2Br)cc1. The number of urea groups is 1. The number of carbonyl (C=O) groups excluding carboxylic acids is 1. The van der Waals surface area contributed by atoms with Gasteiger partial charge in [-0.2, -0.15) is 5.26 Å². The van der Waals surface area contributed by atoms with Gasteiger partial charge in [-0.25, -0.2) is 4.79 Å². The molecule has 2 N–H and O–H groups in total. The number of hydrogen-bond acceptors (Lipinski definition) is 2. The average molecular weight is 342 g/mol. The molecule has 0 heterocycles. The van der Waals surface area contributed by atoms with Gasteiger partial charge in [-0.15, -0.1) is 0 Å². The van der Waals surface area contributed by atoms with Crippen molar-refractivity contribution < 1.29 is 4.79 Å². The molecule has 0 aliphatic heterocycles. The van der Waals surface area contributed by atoms with Gasteiger partial charge in [-0.1, -0.05) is 34.1 Å². The lowest BCUT2D eigenvalue weighted by molar-refractivity contribution is 0.255. The van der Waals surface area contributed by atoms with Crippen LogP contribution in [0.3, 0.4) is 0 Å². The molecule has 0 fully saturated rings. The standard InChI is InChI=1S/C16H12BrN3O/c17-15-4-2-1-3-13(15)9-10-19-16(21)20-14-7-5-12(11-18)6-8-14/h1-10H,(H2,19,20,21)/b10-9+. The van der Waals surface area contributed by atoms with E-state index in [0.29, 0.717) is 11.3 Å². The predicted molar refractivity (Wildman–Crippen MR) is 86.5 cm³/mol. The Kier molecular flexibility index (Phi) is 5.13. The zero-order valence-electron chi connectivity index (χ0n) is 11.0. The van der Waals surface area contributed by atoms with Gasteiger partial charge in [0.05, 0.1) is 11.6 Å². The molecule has 0 bridgehead atoms.